The van der Waals surface area contributed by atoms with E-state index in [4.69, 9.17) is 9.84 Å². The van der Waals surface area contributed by atoms with E-state index < -0.39 is 11.4 Å². The smallest absolute Gasteiger partial charge is 0.303 e. The van der Waals surface area contributed by atoms with E-state index in [0.29, 0.717) is 39.4 Å². The number of carbonyl (C=O) groups is 3. The van der Waals surface area contributed by atoms with Crippen molar-refractivity contribution in [3.05, 3.63) is 0 Å². The Hall–Kier alpha value is -1.67. The Morgan fingerprint density at radius 2 is 1.81 bits per heavy atom. The highest BCUT2D eigenvalue weighted by Gasteiger charge is 2.55. The lowest BCUT2D eigenvalue weighted by atomic mass is 9.80. The van der Waals surface area contributed by atoms with Crippen LogP contribution in [0.25, 0.3) is 0 Å². The quantitative estimate of drug-likeness (QED) is 0.753. The molecule has 1 N–H and O–H groups in total. The summed E-state index contributed by atoms with van der Waals surface area (Å²) in [5.74, 6) is -0.836. The Bertz CT molecular complexity index is 600. The molecule has 3 fully saturated rings. The van der Waals surface area contributed by atoms with Crippen molar-refractivity contribution in [2.75, 3.05) is 45.9 Å². The van der Waals surface area contributed by atoms with E-state index in [9.17, 15) is 14.4 Å². The molecule has 3 heterocycles. The first kappa shape index (κ1) is 19.1. The molecule has 0 bridgehead atoms. The van der Waals surface area contributed by atoms with Gasteiger partial charge in [0, 0.05) is 46.1 Å². The number of hydrogen-bond donors (Lipinski definition) is 1. The zero-order valence-electron chi connectivity index (χ0n) is 15.9. The summed E-state index contributed by atoms with van der Waals surface area (Å²) in [5.41, 5.74) is -0.754. The van der Waals surface area contributed by atoms with Crippen molar-refractivity contribution in [1.82, 2.24) is 14.7 Å². The first-order valence-corrected chi connectivity index (χ1v) is 9.21. The first-order valence-electron chi connectivity index (χ1n) is 9.21. The van der Waals surface area contributed by atoms with Gasteiger partial charge in [-0.1, -0.05) is 13.8 Å². The number of carboxylic acid groups (broad SMARTS) is 1. The maximum Gasteiger partial charge on any atom is 0.303 e. The van der Waals surface area contributed by atoms with Crippen molar-refractivity contribution in [3.8, 4) is 0 Å². The highest BCUT2D eigenvalue weighted by atomic mass is 16.5. The second kappa shape index (κ2) is 6.81. The van der Waals surface area contributed by atoms with Gasteiger partial charge in [0.2, 0.25) is 11.8 Å². The fraction of sp³-hybridized carbons (Fsp3) is 0.833. The number of hydrogen-bond acceptors (Lipinski definition) is 5. The van der Waals surface area contributed by atoms with Crippen molar-refractivity contribution < 1.29 is 24.2 Å². The third kappa shape index (κ3) is 3.71. The second-order valence-corrected chi connectivity index (χ2v) is 8.71. The molecule has 0 aromatic carbocycles. The van der Waals surface area contributed by atoms with Crippen molar-refractivity contribution in [3.63, 3.8) is 0 Å². The molecular weight excluding hydrogens is 338 g/mol. The number of ether oxygens (including phenoxy) is 1. The maximum absolute atomic E-state index is 12.6. The Labute approximate surface area is 154 Å². The Balaban J connectivity index is 1.65. The number of carbonyl (C=O) groups excluding carboxylic acids is 2. The molecule has 8 heteroatoms. The van der Waals surface area contributed by atoms with E-state index in [1.54, 1.807) is 11.8 Å². The first-order chi connectivity index (χ1) is 12.1. The molecule has 146 valence electrons. The van der Waals surface area contributed by atoms with Gasteiger partial charge in [0.1, 0.15) is 0 Å². The molecule has 3 saturated heterocycles. The summed E-state index contributed by atoms with van der Waals surface area (Å²) in [5, 5.41) is 9.00. The van der Waals surface area contributed by atoms with E-state index >= 15 is 0 Å². The molecule has 1 spiro atoms. The molecule has 3 rings (SSSR count). The van der Waals surface area contributed by atoms with Gasteiger partial charge in [0.25, 0.3) is 0 Å². The van der Waals surface area contributed by atoms with E-state index in [-0.39, 0.29) is 36.2 Å². The fourth-order valence-corrected chi connectivity index (χ4v) is 4.55. The highest BCUT2D eigenvalue weighted by Crippen LogP contribution is 2.37. The number of likely N-dealkylation sites (tertiary alicyclic amines) is 1. The van der Waals surface area contributed by atoms with E-state index in [0.717, 1.165) is 6.54 Å². The average molecular weight is 367 g/mol. The van der Waals surface area contributed by atoms with Gasteiger partial charge < -0.3 is 19.6 Å². The molecule has 0 aromatic rings. The van der Waals surface area contributed by atoms with E-state index in [1.807, 2.05) is 18.7 Å². The molecule has 0 radical (unpaired) electrons. The average Bonchev–Trinajstić information content (AvgIpc) is 2.49. The summed E-state index contributed by atoms with van der Waals surface area (Å²) < 4.78 is 5.59. The summed E-state index contributed by atoms with van der Waals surface area (Å²) in [6.07, 6.45) is 0.194. The van der Waals surface area contributed by atoms with Crippen LogP contribution in [0.4, 0.5) is 0 Å². The molecule has 3 aliphatic heterocycles. The van der Waals surface area contributed by atoms with Gasteiger partial charge in [-0.3, -0.25) is 19.3 Å². The summed E-state index contributed by atoms with van der Waals surface area (Å²) in [6.45, 7) is 9.83. The predicted molar refractivity (Wildman–Crippen MR) is 93.5 cm³/mol. The van der Waals surface area contributed by atoms with Crippen LogP contribution in [0.1, 0.15) is 33.6 Å². The molecule has 0 aliphatic carbocycles. The zero-order chi connectivity index (χ0) is 19.1. The minimum Gasteiger partial charge on any atom is -0.481 e. The summed E-state index contributed by atoms with van der Waals surface area (Å²) >= 11 is 0. The van der Waals surface area contributed by atoms with Crippen LogP contribution in [0.3, 0.4) is 0 Å². The molecule has 1 atom stereocenters. The molecule has 1 unspecified atom stereocenters. The van der Waals surface area contributed by atoms with Crippen LogP contribution in [-0.2, 0) is 19.1 Å². The highest BCUT2D eigenvalue weighted by molar-refractivity contribution is 5.79. The second-order valence-electron chi connectivity index (χ2n) is 8.71. The van der Waals surface area contributed by atoms with Gasteiger partial charge in [0.15, 0.2) is 0 Å². The van der Waals surface area contributed by atoms with Gasteiger partial charge in [-0.15, -0.1) is 0 Å². The minimum atomic E-state index is -0.886. The van der Waals surface area contributed by atoms with Gasteiger partial charge in [-0.2, -0.15) is 0 Å². The Morgan fingerprint density at radius 3 is 2.42 bits per heavy atom. The van der Waals surface area contributed by atoms with Gasteiger partial charge in [0.05, 0.1) is 31.2 Å². The lowest BCUT2D eigenvalue weighted by molar-refractivity contribution is -0.181. The van der Waals surface area contributed by atoms with Crippen LogP contribution < -0.4 is 0 Å². The lowest BCUT2D eigenvalue weighted by Crippen LogP contribution is -2.81. The molecule has 0 saturated carbocycles. The molecule has 2 amide bonds. The normalized spacial score (nSPS) is 25.6. The van der Waals surface area contributed by atoms with Crippen LogP contribution in [0.2, 0.25) is 0 Å². The van der Waals surface area contributed by atoms with Crippen molar-refractivity contribution in [1.29, 1.82) is 0 Å². The SMILES string of the molecule is CC(=O)N1CC2COCCN2C2(C1)CN(C(=O)CC(C)(C)CC(=O)O)C2. The number of carboxylic acids is 1. The zero-order valence-corrected chi connectivity index (χ0v) is 15.9. The van der Waals surface area contributed by atoms with Crippen LogP contribution in [0.5, 0.6) is 0 Å². The number of piperazine rings is 1. The summed E-state index contributed by atoms with van der Waals surface area (Å²) in [6, 6.07) is 0.183. The van der Waals surface area contributed by atoms with Crippen molar-refractivity contribution in [2.45, 2.75) is 45.2 Å². The molecule has 0 aromatic heterocycles. The minimum absolute atomic E-state index is 0.00775. The number of rotatable bonds is 4. The number of nitrogens with zero attached hydrogens (tertiary/aromatic N) is 3. The molecule has 26 heavy (non-hydrogen) atoms. The van der Waals surface area contributed by atoms with Crippen molar-refractivity contribution in [2.24, 2.45) is 5.41 Å². The van der Waals surface area contributed by atoms with E-state index in [1.165, 1.54) is 0 Å². The third-order valence-corrected chi connectivity index (χ3v) is 5.78. The molecular formula is C18H29N3O5. The van der Waals surface area contributed by atoms with Crippen LogP contribution in [0, 0.1) is 5.41 Å². The fourth-order valence-electron chi connectivity index (χ4n) is 4.55. The Morgan fingerprint density at radius 1 is 1.15 bits per heavy atom. The molecule has 8 nitrogen and oxygen atoms in total. The largest absolute Gasteiger partial charge is 0.481 e. The summed E-state index contributed by atoms with van der Waals surface area (Å²) in [7, 11) is 0. The molecule has 3 aliphatic rings. The number of aliphatic carboxylic acids is 1. The van der Waals surface area contributed by atoms with Crippen LogP contribution in [-0.4, -0.2) is 95.1 Å². The van der Waals surface area contributed by atoms with Gasteiger partial charge in [-0.05, 0) is 5.41 Å². The van der Waals surface area contributed by atoms with Gasteiger partial charge in [-0.25, -0.2) is 0 Å². The summed E-state index contributed by atoms with van der Waals surface area (Å²) in [4.78, 5) is 41.6. The predicted octanol–water partition coefficient (Wildman–Crippen LogP) is 0.0213. The maximum atomic E-state index is 12.6. The van der Waals surface area contributed by atoms with E-state index in [2.05, 4.69) is 4.90 Å². The Kier molecular flexibility index (Phi) is 5.00. The monoisotopic (exact) mass is 367 g/mol. The van der Waals surface area contributed by atoms with Crippen molar-refractivity contribution >= 4 is 17.8 Å². The number of fused-ring (bicyclic) bond motifs is 2. The third-order valence-electron chi connectivity index (χ3n) is 5.78. The number of morpholine rings is 1. The number of amides is 2. The lowest BCUT2D eigenvalue weighted by Gasteiger charge is -2.63. The van der Waals surface area contributed by atoms with Crippen LogP contribution >= 0.6 is 0 Å². The topological polar surface area (TPSA) is 90.4 Å². The standard InChI is InChI=1S/C18H29N3O5/c1-13(22)19-8-14-9-26-5-4-21(14)18(10-19)11-20(12-18)15(23)6-17(2,3)7-16(24)25/h14H,4-12H2,1-3H3,(H,24,25). The van der Waals surface area contributed by atoms with Crippen LogP contribution in [0.15, 0.2) is 0 Å². The van der Waals surface area contributed by atoms with Gasteiger partial charge >= 0.3 is 5.97 Å².